The molecule has 0 radical (unpaired) electrons. The van der Waals surface area contributed by atoms with Crippen molar-refractivity contribution in [2.75, 3.05) is 0 Å². The number of ether oxygens (including phenoxy) is 1. The number of carbonyl (C=O) groups excluding carboxylic acids is 1. The maximum absolute atomic E-state index is 12.0. The molecule has 0 aliphatic heterocycles. The normalized spacial score (nSPS) is 12.4. The zero-order valence-electron chi connectivity index (χ0n) is 9.34. The van der Waals surface area contributed by atoms with Crippen LogP contribution in [0.25, 0.3) is 5.76 Å². The third-order valence-corrected chi connectivity index (χ3v) is 2.03. The van der Waals surface area contributed by atoms with E-state index in [1.165, 1.54) is 13.0 Å². The minimum Gasteiger partial charge on any atom is -0.420 e. The lowest BCUT2D eigenvalue weighted by atomic mass is 10.1. The van der Waals surface area contributed by atoms with E-state index in [1.807, 2.05) is 6.92 Å². The van der Waals surface area contributed by atoms with Gasteiger partial charge in [0.1, 0.15) is 5.76 Å². The Morgan fingerprint density at radius 3 is 2.18 bits per heavy atom. The Bertz CT molecular complexity index is 430. The summed E-state index contributed by atoms with van der Waals surface area (Å²) in [7, 11) is 0. The van der Waals surface area contributed by atoms with Gasteiger partial charge in [0.15, 0.2) is 0 Å². The molecule has 2 nitrogen and oxygen atoms in total. The lowest BCUT2D eigenvalue weighted by molar-refractivity contribution is -0.192. The third kappa shape index (κ3) is 3.62. The zero-order valence-corrected chi connectivity index (χ0v) is 9.34. The van der Waals surface area contributed by atoms with E-state index in [2.05, 4.69) is 4.74 Å². The third-order valence-electron chi connectivity index (χ3n) is 2.03. The highest BCUT2D eigenvalue weighted by molar-refractivity contribution is 5.82. The summed E-state index contributed by atoms with van der Waals surface area (Å²) in [6, 6.07) is 6.63. The van der Waals surface area contributed by atoms with Crippen LogP contribution in [0.5, 0.6) is 0 Å². The summed E-state index contributed by atoms with van der Waals surface area (Å²) in [5.41, 5.74) is 1.39. The number of halogens is 3. The fourth-order valence-electron chi connectivity index (χ4n) is 1.16. The fourth-order valence-corrected chi connectivity index (χ4v) is 1.16. The van der Waals surface area contributed by atoms with Crippen molar-refractivity contribution in [3.8, 4) is 0 Å². The van der Waals surface area contributed by atoms with Crippen molar-refractivity contribution in [3.05, 3.63) is 41.5 Å². The molecule has 92 valence electrons. The number of esters is 1. The number of rotatable bonds is 2. The highest BCUT2D eigenvalue weighted by atomic mass is 19.4. The van der Waals surface area contributed by atoms with Crippen LogP contribution in [0.2, 0.25) is 0 Å². The Hall–Kier alpha value is -1.78. The minimum absolute atomic E-state index is 0.104. The van der Waals surface area contributed by atoms with E-state index in [0.29, 0.717) is 5.56 Å². The largest absolute Gasteiger partial charge is 0.491 e. The van der Waals surface area contributed by atoms with Crippen molar-refractivity contribution >= 4 is 11.7 Å². The van der Waals surface area contributed by atoms with E-state index >= 15 is 0 Å². The van der Waals surface area contributed by atoms with Crippen LogP contribution in [0.1, 0.15) is 18.1 Å². The first-order valence-electron chi connectivity index (χ1n) is 4.87. The van der Waals surface area contributed by atoms with Crippen LogP contribution in [0.3, 0.4) is 0 Å². The average molecular weight is 244 g/mol. The number of benzene rings is 1. The lowest BCUT2D eigenvalue weighted by Gasteiger charge is -2.10. The minimum atomic E-state index is -4.99. The van der Waals surface area contributed by atoms with Crippen molar-refractivity contribution in [2.45, 2.75) is 20.0 Å². The Morgan fingerprint density at radius 1 is 1.24 bits per heavy atom. The van der Waals surface area contributed by atoms with Gasteiger partial charge in [-0.05, 0) is 19.9 Å². The molecule has 0 spiro atoms. The summed E-state index contributed by atoms with van der Waals surface area (Å²) in [6.07, 6.45) is -3.67. The molecule has 0 N–H and O–H groups in total. The number of alkyl halides is 3. The molecule has 0 fully saturated rings. The molecule has 0 aliphatic carbocycles. The van der Waals surface area contributed by atoms with Gasteiger partial charge >= 0.3 is 12.1 Å². The Labute approximate surface area is 96.7 Å². The molecular formula is C12H11F3O2. The molecule has 1 aromatic carbocycles. The summed E-state index contributed by atoms with van der Waals surface area (Å²) >= 11 is 0. The number of hydrogen-bond acceptors (Lipinski definition) is 2. The van der Waals surface area contributed by atoms with E-state index in [1.54, 1.807) is 24.3 Å². The highest BCUT2D eigenvalue weighted by Crippen LogP contribution is 2.23. The van der Waals surface area contributed by atoms with Crippen molar-refractivity contribution < 1.29 is 22.7 Å². The summed E-state index contributed by atoms with van der Waals surface area (Å²) in [4.78, 5) is 10.7. The topological polar surface area (TPSA) is 26.3 Å². The summed E-state index contributed by atoms with van der Waals surface area (Å²) < 4.78 is 40.4. The van der Waals surface area contributed by atoms with Gasteiger partial charge in [-0.25, -0.2) is 4.79 Å². The van der Waals surface area contributed by atoms with Gasteiger partial charge in [-0.2, -0.15) is 13.2 Å². The fraction of sp³-hybridized carbons (Fsp3) is 0.250. The van der Waals surface area contributed by atoms with Gasteiger partial charge in [-0.1, -0.05) is 29.8 Å². The van der Waals surface area contributed by atoms with Crippen LogP contribution in [-0.2, 0) is 9.53 Å². The zero-order chi connectivity index (χ0) is 13.1. The van der Waals surface area contributed by atoms with Crippen LogP contribution in [0.4, 0.5) is 13.2 Å². The smallest absolute Gasteiger partial charge is 0.420 e. The van der Waals surface area contributed by atoms with Gasteiger partial charge in [0, 0.05) is 5.56 Å². The maximum atomic E-state index is 12.0. The van der Waals surface area contributed by atoms with E-state index in [9.17, 15) is 18.0 Å². The van der Waals surface area contributed by atoms with E-state index < -0.39 is 12.1 Å². The highest BCUT2D eigenvalue weighted by Gasteiger charge is 2.41. The van der Waals surface area contributed by atoms with Gasteiger partial charge in [0.25, 0.3) is 0 Å². The number of aryl methyl sites for hydroxylation is 1. The van der Waals surface area contributed by atoms with Gasteiger partial charge in [-0.3, -0.25) is 0 Å². The molecular weight excluding hydrogens is 233 g/mol. The number of carbonyl (C=O) groups is 1. The molecule has 0 atom stereocenters. The number of hydrogen-bond donors (Lipinski definition) is 0. The Morgan fingerprint density at radius 2 is 1.76 bits per heavy atom. The SMILES string of the molecule is CC=C(OC(=O)C(F)(F)F)c1ccc(C)cc1. The molecule has 0 unspecified atom stereocenters. The van der Waals surface area contributed by atoms with Crippen LogP contribution < -0.4 is 0 Å². The van der Waals surface area contributed by atoms with E-state index in [4.69, 9.17) is 0 Å². The van der Waals surface area contributed by atoms with Crippen molar-refractivity contribution in [3.63, 3.8) is 0 Å². The van der Waals surface area contributed by atoms with Crippen molar-refractivity contribution in [1.29, 1.82) is 0 Å². The summed E-state index contributed by atoms with van der Waals surface area (Å²) in [6.45, 7) is 3.35. The second kappa shape index (κ2) is 5.03. The monoisotopic (exact) mass is 244 g/mol. The number of allylic oxidation sites excluding steroid dienone is 1. The molecule has 0 amide bonds. The van der Waals surface area contributed by atoms with Crippen LogP contribution >= 0.6 is 0 Å². The first-order valence-corrected chi connectivity index (χ1v) is 4.87. The molecule has 1 aromatic rings. The molecule has 0 aromatic heterocycles. The molecule has 0 bridgehead atoms. The Balaban J connectivity index is 2.88. The van der Waals surface area contributed by atoms with Crippen molar-refractivity contribution in [2.24, 2.45) is 0 Å². The standard InChI is InChI=1S/C12H11F3O2/c1-3-10(17-11(16)12(13,14)15)9-6-4-8(2)5-7-9/h3-7H,1-2H3. The second-order valence-corrected chi connectivity index (χ2v) is 3.41. The molecule has 5 heteroatoms. The van der Waals surface area contributed by atoms with Gasteiger partial charge in [-0.15, -0.1) is 0 Å². The second-order valence-electron chi connectivity index (χ2n) is 3.41. The first-order chi connectivity index (χ1) is 7.84. The van der Waals surface area contributed by atoms with Gasteiger partial charge in [0.2, 0.25) is 0 Å². The van der Waals surface area contributed by atoms with E-state index in [-0.39, 0.29) is 5.76 Å². The predicted octanol–water partition coefficient (Wildman–Crippen LogP) is 3.46. The predicted molar refractivity (Wildman–Crippen MR) is 57.0 cm³/mol. The van der Waals surface area contributed by atoms with Crippen LogP contribution in [0, 0.1) is 6.92 Å². The molecule has 17 heavy (non-hydrogen) atoms. The quantitative estimate of drug-likeness (QED) is 0.588. The maximum Gasteiger partial charge on any atom is 0.491 e. The Kier molecular flexibility index (Phi) is 3.93. The summed E-state index contributed by atoms with van der Waals surface area (Å²) in [5, 5.41) is 0. The first kappa shape index (κ1) is 13.3. The molecule has 0 heterocycles. The van der Waals surface area contributed by atoms with Crippen molar-refractivity contribution in [1.82, 2.24) is 0 Å². The van der Waals surface area contributed by atoms with E-state index in [0.717, 1.165) is 5.56 Å². The lowest BCUT2D eigenvalue weighted by Crippen LogP contribution is -2.24. The van der Waals surface area contributed by atoms with Gasteiger partial charge in [0.05, 0.1) is 0 Å². The van der Waals surface area contributed by atoms with Crippen LogP contribution in [0.15, 0.2) is 30.3 Å². The molecule has 0 saturated carbocycles. The summed E-state index contributed by atoms with van der Waals surface area (Å²) in [5.74, 6) is -2.32. The average Bonchev–Trinajstić information content (AvgIpc) is 2.25. The molecule has 0 saturated heterocycles. The molecule has 0 aliphatic rings. The van der Waals surface area contributed by atoms with Crippen LogP contribution in [-0.4, -0.2) is 12.1 Å². The van der Waals surface area contributed by atoms with Gasteiger partial charge < -0.3 is 4.74 Å². The molecule has 1 rings (SSSR count).